The summed E-state index contributed by atoms with van der Waals surface area (Å²) in [5.41, 5.74) is 5.46. The molecule has 1 heterocycles. The van der Waals surface area contributed by atoms with E-state index in [4.69, 9.17) is 15.6 Å². The monoisotopic (exact) mass is 301 g/mol. The van der Waals surface area contributed by atoms with Crippen molar-refractivity contribution in [3.63, 3.8) is 0 Å². The van der Waals surface area contributed by atoms with Crippen LogP contribution in [0.25, 0.3) is 0 Å². The zero-order chi connectivity index (χ0) is 14.8. The number of carboxylic acids is 1. The van der Waals surface area contributed by atoms with Crippen LogP contribution in [-0.4, -0.2) is 50.8 Å². The Kier molecular flexibility index (Phi) is 4.23. The number of nitrogens with zero attached hydrogens (tertiary/aromatic N) is 1. The van der Waals surface area contributed by atoms with Crippen LogP contribution in [0, 0.1) is 0 Å². The molecule has 1 aromatic carbocycles. The molecule has 0 spiro atoms. The van der Waals surface area contributed by atoms with E-state index in [1.807, 2.05) is 0 Å². The Balaban J connectivity index is 2.22. The van der Waals surface area contributed by atoms with Gasteiger partial charge < -0.3 is 15.6 Å². The molecule has 1 saturated heterocycles. The lowest BCUT2D eigenvalue weighted by atomic mass is 10.2. The van der Waals surface area contributed by atoms with Crippen LogP contribution in [0.5, 0.6) is 0 Å². The summed E-state index contributed by atoms with van der Waals surface area (Å²) < 4.78 is 29.5. The molecule has 8 nitrogen and oxygen atoms in total. The van der Waals surface area contributed by atoms with Gasteiger partial charge in [0.2, 0.25) is 0 Å². The first-order valence-electron chi connectivity index (χ1n) is 5.88. The predicted molar refractivity (Wildman–Crippen MR) is 70.5 cm³/mol. The summed E-state index contributed by atoms with van der Waals surface area (Å²) in [6, 6.07) is 3.50. The molecule has 1 aliphatic heterocycles. The van der Waals surface area contributed by atoms with Crippen molar-refractivity contribution in [3.8, 4) is 0 Å². The Morgan fingerprint density at radius 3 is 2.55 bits per heavy atom. The molecule has 0 aromatic heterocycles. The van der Waals surface area contributed by atoms with E-state index in [-0.39, 0.29) is 16.1 Å². The third kappa shape index (κ3) is 3.25. The van der Waals surface area contributed by atoms with Gasteiger partial charge in [-0.25, -0.2) is 18.2 Å². The smallest absolute Gasteiger partial charge is 0.335 e. The first-order chi connectivity index (χ1) is 9.40. The first-order valence-corrected chi connectivity index (χ1v) is 7.36. The highest BCUT2D eigenvalue weighted by molar-refractivity contribution is 7.89. The molecule has 0 saturated carbocycles. The number of rotatable bonds is 4. The number of ether oxygens (including phenoxy) is 1. The molecule has 0 unspecified atom stereocenters. The lowest BCUT2D eigenvalue weighted by molar-refractivity contribution is 0.0272. The Morgan fingerprint density at radius 1 is 1.35 bits per heavy atom. The SMILES string of the molecule is Nc1cc(C(=O)O)ccc1S(=O)(=O)NN1CCOCC1. The number of nitrogen functional groups attached to an aromatic ring is 1. The van der Waals surface area contributed by atoms with Gasteiger partial charge in [0, 0.05) is 13.1 Å². The number of nitrogens with two attached hydrogens (primary N) is 1. The summed E-state index contributed by atoms with van der Waals surface area (Å²) in [5, 5.41) is 10.3. The fourth-order valence-corrected chi connectivity index (χ4v) is 3.04. The Hall–Kier alpha value is -1.68. The third-order valence-electron chi connectivity index (χ3n) is 2.81. The molecule has 2 rings (SSSR count). The van der Waals surface area contributed by atoms with E-state index in [1.165, 1.54) is 17.1 Å². The second-order valence-electron chi connectivity index (χ2n) is 4.25. The van der Waals surface area contributed by atoms with Gasteiger partial charge in [-0.15, -0.1) is 4.83 Å². The number of morpholine rings is 1. The zero-order valence-corrected chi connectivity index (χ0v) is 11.4. The minimum absolute atomic E-state index is 0.0622. The number of nitrogens with one attached hydrogen (secondary N) is 1. The minimum Gasteiger partial charge on any atom is -0.478 e. The topological polar surface area (TPSA) is 122 Å². The first kappa shape index (κ1) is 14.7. The molecule has 0 amide bonds. The average Bonchev–Trinajstić information content (AvgIpc) is 2.38. The quantitative estimate of drug-likeness (QED) is 0.640. The van der Waals surface area contributed by atoms with Crippen molar-refractivity contribution in [1.82, 2.24) is 9.84 Å². The number of aromatic carboxylic acids is 1. The molecule has 0 radical (unpaired) electrons. The standard InChI is InChI=1S/C11H15N3O5S/c12-9-7-8(11(15)16)1-2-10(9)20(17,18)13-14-3-5-19-6-4-14/h1-2,7,13H,3-6,12H2,(H,15,16). The summed E-state index contributed by atoms with van der Waals surface area (Å²) >= 11 is 0. The van der Waals surface area contributed by atoms with Crippen LogP contribution in [0.4, 0.5) is 5.69 Å². The van der Waals surface area contributed by atoms with Crippen molar-refractivity contribution < 1.29 is 23.1 Å². The molecule has 0 aliphatic carbocycles. The Morgan fingerprint density at radius 2 is 2.00 bits per heavy atom. The van der Waals surface area contributed by atoms with Gasteiger partial charge in [0.15, 0.2) is 0 Å². The van der Waals surface area contributed by atoms with Gasteiger partial charge in [0.1, 0.15) is 4.90 Å². The van der Waals surface area contributed by atoms with Gasteiger partial charge in [0.25, 0.3) is 10.0 Å². The van der Waals surface area contributed by atoms with Crippen molar-refractivity contribution in [2.24, 2.45) is 0 Å². The molecule has 1 aliphatic rings. The maximum absolute atomic E-state index is 12.2. The van der Waals surface area contributed by atoms with Crippen LogP contribution in [0.3, 0.4) is 0 Å². The second-order valence-corrected chi connectivity index (χ2v) is 5.88. The number of benzene rings is 1. The summed E-state index contributed by atoms with van der Waals surface area (Å²) in [4.78, 5) is 13.0. The molecular weight excluding hydrogens is 286 g/mol. The van der Waals surface area contributed by atoms with Crippen LogP contribution in [0.1, 0.15) is 10.4 Å². The van der Waals surface area contributed by atoms with Crippen molar-refractivity contribution >= 4 is 21.7 Å². The van der Waals surface area contributed by atoms with E-state index < -0.39 is 16.0 Å². The van der Waals surface area contributed by atoms with Gasteiger partial charge in [0.05, 0.1) is 24.5 Å². The fraction of sp³-hybridized carbons (Fsp3) is 0.364. The largest absolute Gasteiger partial charge is 0.478 e. The van der Waals surface area contributed by atoms with Crippen LogP contribution in [0.15, 0.2) is 23.1 Å². The van der Waals surface area contributed by atoms with Crippen LogP contribution >= 0.6 is 0 Å². The normalized spacial score (nSPS) is 17.0. The summed E-state index contributed by atoms with van der Waals surface area (Å²) in [7, 11) is -3.83. The van der Waals surface area contributed by atoms with E-state index >= 15 is 0 Å². The molecule has 1 aromatic rings. The number of anilines is 1. The number of sulfonamides is 1. The molecule has 20 heavy (non-hydrogen) atoms. The van der Waals surface area contributed by atoms with Gasteiger partial charge >= 0.3 is 5.97 Å². The van der Waals surface area contributed by atoms with Crippen molar-refractivity contribution in [2.45, 2.75) is 4.90 Å². The van der Waals surface area contributed by atoms with Gasteiger partial charge in [-0.3, -0.25) is 0 Å². The van der Waals surface area contributed by atoms with E-state index in [1.54, 1.807) is 0 Å². The average molecular weight is 301 g/mol. The van der Waals surface area contributed by atoms with Gasteiger partial charge in [-0.05, 0) is 18.2 Å². The highest BCUT2D eigenvalue weighted by atomic mass is 32.2. The number of carboxylic acid groups (broad SMARTS) is 1. The number of hydrogen-bond donors (Lipinski definition) is 3. The highest BCUT2D eigenvalue weighted by Crippen LogP contribution is 2.20. The predicted octanol–water partition coefficient (Wildman–Crippen LogP) is -0.507. The molecule has 110 valence electrons. The fourth-order valence-electron chi connectivity index (χ4n) is 1.80. The molecular formula is C11H15N3O5S. The molecule has 0 atom stereocenters. The second kappa shape index (κ2) is 5.75. The van der Waals surface area contributed by atoms with E-state index in [0.717, 1.165) is 6.07 Å². The summed E-state index contributed by atoms with van der Waals surface area (Å²) in [6.45, 7) is 1.75. The summed E-state index contributed by atoms with van der Waals surface area (Å²) in [5.74, 6) is -1.17. The number of carbonyl (C=O) groups is 1. The van der Waals surface area contributed by atoms with E-state index in [2.05, 4.69) is 4.83 Å². The Bertz CT molecular complexity index is 610. The maximum Gasteiger partial charge on any atom is 0.335 e. The van der Waals surface area contributed by atoms with Crippen molar-refractivity contribution in [1.29, 1.82) is 0 Å². The van der Waals surface area contributed by atoms with Crippen LogP contribution in [-0.2, 0) is 14.8 Å². The summed E-state index contributed by atoms with van der Waals surface area (Å²) in [6.07, 6.45) is 0. The Labute approximate surface area is 116 Å². The third-order valence-corrected chi connectivity index (χ3v) is 4.26. The number of hydrazine groups is 1. The lowest BCUT2D eigenvalue weighted by Crippen LogP contribution is -2.48. The van der Waals surface area contributed by atoms with Crippen molar-refractivity contribution in [2.75, 3.05) is 32.0 Å². The maximum atomic E-state index is 12.2. The zero-order valence-electron chi connectivity index (χ0n) is 10.6. The minimum atomic E-state index is -3.83. The highest BCUT2D eigenvalue weighted by Gasteiger charge is 2.22. The molecule has 1 fully saturated rings. The number of hydrogen-bond acceptors (Lipinski definition) is 6. The van der Waals surface area contributed by atoms with Crippen molar-refractivity contribution in [3.05, 3.63) is 23.8 Å². The van der Waals surface area contributed by atoms with E-state index in [0.29, 0.717) is 26.3 Å². The van der Waals surface area contributed by atoms with Gasteiger partial charge in [-0.2, -0.15) is 0 Å². The van der Waals surface area contributed by atoms with Gasteiger partial charge in [-0.1, -0.05) is 0 Å². The lowest BCUT2D eigenvalue weighted by Gasteiger charge is -2.26. The molecule has 0 bridgehead atoms. The van der Waals surface area contributed by atoms with E-state index in [9.17, 15) is 13.2 Å². The van der Waals surface area contributed by atoms with Crippen LogP contribution < -0.4 is 10.6 Å². The van der Waals surface area contributed by atoms with Crippen LogP contribution in [0.2, 0.25) is 0 Å². The molecule has 9 heteroatoms. The molecule has 4 N–H and O–H groups in total.